The second kappa shape index (κ2) is 7.97. The standard InChI is InChI=1S/C21H20O11/c22-6-11-14(26)16(28)18(30)21(31-11)13-10(25)5-9(24)12-15(27)17(29)19(32-20(12)13)7-1-3-8(23)4-2-7/h1-5,11,14,16,18,21-26,28-30H,6H2/t11?,14-,16+,18?,21+/m1/s1. The number of hydrogen-bond donors (Lipinski definition) is 8. The van der Waals surface area contributed by atoms with Crippen LogP contribution in [-0.2, 0) is 4.74 Å². The summed E-state index contributed by atoms with van der Waals surface area (Å²) >= 11 is 0. The Morgan fingerprint density at radius 2 is 1.53 bits per heavy atom. The molecule has 0 amide bonds. The molecule has 11 nitrogen and oxygen atoms in total. The third-order valence-corrected chi connectivity index (χ3v) is 5.44. The number of aliphatic hydroxyl groups excluding tert-OH is 4. The van der Waals surface area contributed by atoms with E-state index in [1.807, 2.05) is 0 Å². The molecular weight excluding hydrogens is 428 g/mol. The monoisotopic (exact) mass is 448 g/mol. The van der Waals surface area contributed by atoms with Crippen molar-refractivity contribution in [3.63, 3.8) is 0 Å². The molecule has 4 rings (SSSR count). The minimum absolute atomic E-state index is 0.0892. The van der Waals surface area contributed by atoms with Gasteiger partial charge in [-0.2, -0.15) is 0 Å². The number of fused-ring (bicyclic) bond motifs is 1. The van der Waals surface area contributed by atoms with E-state index >= 15 is 0 Å². The Balaban J connectivity index is 2.01. The molecule has 32 heavy (non-hydrogen) atoms. The zero-order valence-corrected chi connectivity index (χ0v) is 16.3. The van der Waals surface area contributed by atoms with Crippen molar-refractivity contribution in [2.75, 3.05) is 6.61 Å². The van der Waals surface area contributed by atoms with Crippen LogP contribution in [0.2, 0.25) is 0 Å². The van der Waals surface area contributed by atoms with Crippen molar-refractivity contribution in [1.29, 1.82) is 0 Å². The van der Waals surface area contributed by atoms with Gasteiger partial charge in [0.2, 0.25) is 11.2 Å². The molecule has 0 spiro atoms. The zero-order chi connectivity index (χ0) is 23.3. The number of rotatable bonds is 3. The van der Waals surface area contributed by atoms with Gasteiger partial charge >= 0.3 is 0 Å². The highest BCUT2D eigenvalue weighted by atomic mass is 16.5. The summed E-state index contributed by atoms with van der Waals surface area (Å²) in [4.78, 5) is 12.8. The maximum absolute atomic E-state index is 12.8. The molecule has 2 aromatic carbocycles. The molecule has 1 aliphatic heterocycles. The van der Waals surface area contributed by atoms with Gasteiger partial charge in [-0.1, -0.05) is 0 Å². The Labute approximate surface area is 179 Å². The summed E-state index contributed by atoms with van der Waals surface area (Å²) in [6.07, 6.45) is -8.17. The lowest BCUT2D eigenvalue weighted by atomic mass is 9.89. The number of hydrogen-bond acceptors (Lipinski definition) is 11. The maximum Gasteiger partial charge on any atom is 0.238 e. The number of aliphatic hydroxyl groups is 4. The minimum Gasteiger partial charge on any atom is -0.508 e. The summed E-state index contributed by atoms with van der Waals surface area (Å²) in [5, 5.41) is 80.2. The second-order valence-electron chi connectivity index (χ2n) is 7.44. The molecular formula is C21H20O11. The summed E-state index contributed by atoms with van der Waals surface area (Å²) in [5.41, 5.74) is -1.70. The van der Waals surface area contributed by atoms with Gasteiger partial charge < -0.3 is 50.0 Å². The van der Waals surface area contributed by atoms with E-state index in [4.69, 9.17) is 9.15 Å². The lowest BCUT2D eigenvalue weighted by Crippen LogP contribution is -2.55. The first kappa shape index (κ1) is 21.9. The van der Waals surface area contributed by atoms with Gasteiger partial charge in [-0.15, -0.1) is 0 Å². The van der Waals surface area contributed by atoms with Gasteiger partial charge in [0.25, 0.3) is 0 Å². The SMILES string of the molecule is O=c1c(O)c(-c2ccc(O)cc2)oc2c([C@@H]3OC(CO)[C@@H](O)[C@H](O)C3O)c(O)cc(O)c12. The summed E-state index contributed by atoms with van der Waals surface area (Å²) in [6, 6.07) is 6.01. The van der Waals surface area contributed by atoms with Crippen molar-refractivity contribution >= 4 is 11.0 Å². The Morgan fingerprint density at radius 1 is 0.875 bits per heavy atom. The summed E-state index contributed by atoms with van der Waals surface area (Å²) in [6.45, 7) is -0.734. The highest BCUT2D eigenvalue weighted by molar-refractivity contribution is 5.91. The van der Waals surface area contributed by atoms with Crippen molar-refractivity contribution in [2.24, 2.45) is 0 Å². The van der Waals surface area contributed by atoms with Crippen molar-refractivity contribution < 1.29 is 50.0 Å². The van der Waals surface area contributed by atoms with E-state index in [2.05, 4.69) is 0 Å². The van der Waals surface area contributed by atoms with Gasteiger partial charge in [0, 0.05) is 11.6 Å². The molecule has 0 saturated carbocycles. The average Bonchev–Trinajstić information content (AvgIpc) is 2.76. The van der Waals surface area contributed by atoms with Crippen LogP contribution in [0.4, 0.5) is 0 Å². The molecule has 3 aromatic rings. The van der Waals surface area contributed by atoms with Gasteiger partial charge in [0.05, 0.1) is 12.2 Å². The number of ether oxygens (including phenoxy) is 1. The fourth-order valence-corrected chi connectivity index (χ4v) is 3.77. The van der Waals surface area contributed by atoms with Crippen molar-refractivity contribution in [2.45, 2.75) is 30.5 Å². The van der Waals surface area contributed by atoms with Crippen LogP contribution in [0.15, 0.2) is 39.5 Å². The van der Waals surface area contributed by atoms with Gasteiger partial charge in [0.15, 0.2) is 11.3 Å². The van der Waals surface area contributed by atoms with Gasteiger partial charge in [-0.3, -0.25) is 4.79 Å². The van der Waals surface area contributed by atoms with Crippen LogP contribution in [0.1, 0.15) is 11.7 Å². The van der Waals surface area contributed by atoms with Crippen LogP contribution in [0, 0.1) is 0 Å². The number of phenols is 3. The van der Waals surface area contributed by atoms with E-state index in [9.17, 15) is 45.6 Å². The van der Waals surface area contributed by atoms with Crippen LogP contribution in [0.25, 0.3) is 22.3 Å². The molecule has 0 bridgehead atoms. The van der Waals surface area contributed by atoms with Gasteiger partial charge in [-0.25, -0.2) is 0 Å². The first-order chi connectivity index (χ1) is 15.1. The van der Waals surface area contributed by atoms with Crippen molar-refractivity contribution in [1.82, 2.24) is 0 Å². The molecule has 1 aromatic heterocycles. The lowest BCUT2D eigenvalue weighted by molar-refractivity contribution is -0.231. The molecule has 2 unspecified atom stereocenters. The third kappa shape index (κ3) is 3.32. The average molecular weight is 448 g/mol. The molecule has 0 aliphatic carbocycles. The van der Waals surface area contributed by atoms with Crippen LogP contribution >= 0.6 is 0 Å². The van der Waals surface area contributed by atoms with E-state index in [-0.39, 0.29) is 22.6 Å². The first-order valence-electron chi connectivity index (χ1n) is 9.50. The molecule has 1 fully saturated rings. The minimum atomic E-state index is -1.82. The van der Waals surface area contributed by atoms with Crippen LogP contribution in [-0.4, -0.2) is 71.9 Å². The normalized spacial score (nSPS) is 25.8. The van der Waals surface area contributed by atoms with Crippen LogP contribution in [0.5, 0.6) is 23.0 Å². The van der Waals surface area contributed by atoms with E-state index in [0.29, 0.717) is 0 Å². The Kier molecular flexibility index (Phi) is 5.44. The predicted molar refractivity (Wildman–Crippen MR) is 107 cm³/mol. The fourth-order valence-electron chi connectivity index (χ4n) is 3.77. The van der Waals surface area contributed by atoms with Gasteiger partial charge in [0.1, 0.15) is 53.2 Å². The lowest BCUT2D eigenvalue weighted by Gasteiger charge is -2.40. The topological polar surface area (TPSA) is 201 Å². The fraction of sp³-hybridized carbons (Fsp3) is 0.286. The molecule has 1 aliphatic rings. The first-order valence-corrected chi connectivity index (χ1v) is 9.50. The van der Waals surface area contributed by atoms with E-state index in [1.54, 1.807) is 0 Å². The molecule has 0 radical (unpaired) electrons. The van der Waals surface area contributed by atoms with Crippen LogP contribution < -0.4 is 5.43 Å². The van der Waals surface area contributed by atoms with Crippen LogP contribution in [0.3, 0.4) is 0 Å². The smallest absolute Gasteiger partial charge is 0.238 e. The van der Waals surface area contributed by atoms with Crippen molar-refractivity contribution in [3.05, 3.63) is 46.1 Å². The van der Waals surface area contributed by atoms with E-state index < -0.39 is 70.8 Å². The van der Waals surface area contributed by atoms with E-state index in [1.165, 1.54) is 24.3 Å². The molecule has 1 saturated heterocycles. The molecule has 2 heterocycles. The number of benzene rings is 2. The highest BCUT2D eigenvalue weighted by Gasteiger charge is 2.46. The number of phenolic OH excluding ortho intramolecular Hbond substituents is 3. The summed E-state index contributed by atoms with van der Waals surface area (Å²) in [7, 11) is 0. The molecule has 8 N–H and O–H groups in total. The second-order valence-corrected chi connectivity index (χ2v) is 7.44. The quantitative estimate of drug-likeness (QED) is 0.264. The van der Waals surface area contributed by atoms with Crippen molar-refractivity contribution in [3.8, 4) is 34.3 Å². The predicted octanol–water partition coefficient (Wildman–Crippen LogP) is -0.203. The number of aromatic hydroxyl groups is 4. The molecule has 170 valence electrons. The Hall–Kier alpha value is -3.35. The van der Waals surface area contributed by atoms with E-state index in [0.717, 1.165) is 6.07 Å². The molecule has 5 atom stereocenters. The molecule has 11 heteroatoms. The Morgan fingerprint density at radius 3 is 2.16 bits per heavy atom. The highest BCUT2D eigenvalue weighted by Crippen LogP contribution is 2.44. The zero-order valence-electron chi connectivity index (χ0n) is 16.3. The summed E-state index contributed by atoms with van der Waals surface area (Å²) in [5.74, 6) is -2.71. The van der Waals surface area contributed by atoms with Gasteiger partial charge in [-0.05, 0) is 24.3 Å². The Bertz CT molecular complexity index is 1220. The summed E-state index contributed by atoms with van der Waals surface area (Å²) < 4.78 is 11.1. The maximum atomic E-state index is 12.8. The largest absolute Gasteiger partial charge is 0.508 e. The third-order valence-electron chi connectivity index (χ3n) is 5.44.